The van der Waals surface area contributed by atoms with Crippen molar-refractivity contribution in [2.45, 2.75) is 41.2 Å². The second-order valence-corrected chi connectivity index (χ2v) is 5.67. The molecular weight excluding hydrogens is 226 g/mol. The minimum Gasteiger partial charge on any atom is -0.348 e. The Morgan fingerprint density at radius 1 is 1.50 bits per heavy atom. The molecule has 1 N–H and O–H groups in total. The highest BCUT2D eigenvalue weighted by atomic mass is 16.1. The minimum absolute atomic E-state index is 0.0293. The molecule has 18 heavy (non-hydrogen) atoms. The van der Waals surface area contributed by atoms with E-state index in [1.165, 1.54) is 0 Å². The predicted octanol–water partition coefficient (Wildman–Crippen LogP) is 2.34. The summed E-state index contributed by atoms with van der Waals surface area (Å²) < 4.78 is 1.80. The van der Waals surface area contributed by atoms with Crippen molar-refractivity contribution in [3.63, 3.8) is 0 Å². The van der Waals surface area contributed by atoms with Gasteiger partial charge in [-0.15, -0.1) is 0 Å². The Balaban J connectivity index is 2.60. The number of rotatable bonds is 3. The lowest BCUT2D eigenvalue weighted by Crippen LogP contribution is -2.22. The number of carbonyl (C=O) groups is 1. The van der Waals surface area contributed by atoms with Crippen LogP contribution in [0.15, 0.2) is 17.8 Å². The maximum Gasteiger partial charge on any atom is 0.244 e. The van der Waals surface area contributed by atoms with Crippen LogP contribution in [0.2, 0.25) is 0 Å². The number of allylic oxidation sites excluding steroid dienone is 1. The van der Waals surface area contributed by atoms with Gasteiger partial charge in [0.25, 0.3) is 0 Å². The van der Waals surface area contributed by atoms with Gasteiger partial charge in [-0.25, -0.2) is 0 Å². The highest BCUT2D eigenvalue weighted by molar-refractivity contribution is 5.88. The lowest BCUT2D eigenvalue weighted by molar-refractivity contribution is -0.116. The second kappa shape index (κ2) is 5.38. The van der Waals surface area contributed by atoms with Gasteiger partial charge in [-0.1, -0.05) is 26.3 Å². The fourth-order valence-corrected chi connectivity index (χ4v) is 1.36. The van der Waals surface area contributed by atoms with Crippen LogP contribution in [0.3, 0.4) is 0 Å². The number of amides is 1. The van der Waals surface area contributed by atoms with E-state index in [2.05, 4.69) is 31.2 Å². The molecule has 4 heteroatoms. The first-order valence-electron chi connectivity index (χ1n) is 6.16. The second-order valence-electron chi connectivity index (χ2n) is 5.67. The number of aryl methyl sites for hydroxylation is 1. The third kappa shape index (κ3) is 3.72. The highest BCUT2D eigenvalue weighted by Gasteiger charge is 2.13. The first-order valence-corrected chi connectivity index (χ1v) is 6.16. The number of nitrogens with one attached hydrogen (secondary N) is 1. The lowest BCUT2D eigenvalue weighted by atomic mass is 9.87. The number of hydrogen-bond acceptors (Lipinski definition) is 2. The largest absolute Gasteiger partial charge is 0.348 e. The molecule has 1 aromatic heterocycles. The van der Waals surface area contributed by atoms with Gasteiger partial charge in [-0.2, -0.15) is 5.10 Å². The van der Waals surface area contributed by atoms with Gasteiger partial charge < -0.3 is 5.32 Å². The summed E-state index contributed by atoms with van der Waals surface area (Å²) in [7, 11) is 1.89. The van der Waals surface area contributed by atoms with Crippen molar-refractivity contribution in [2.24, 2.45) is 12.5 Å². The fourth-order valence-electron chi connectivity index (χ4n) is 1.36. The Morgan fingerprint density at radius 2 is 2.11 bits per heavy atom. The molecule has 1 aromatic rings. The van der Waals surface area contributed by atoms with E-state index in [-0.39, 0.29) is 11.3 Å². The van der Waals surface area contributed by atoms with Crippen LogP contribution in [0, 0.1) is 12.3 Å². The van der Waals surface area contributed by atoms with Gasteiger partial charge in [0.2, 0.25) is 5.91 Å². The molecule has 4 nitrogen and oxygen atoms in total. The third-order valence-corrected chi connectivity index (χ3v) is 3.32. The summed E-state index contributed by atoms with van der Waals surface area (Å²) in [4.78, 5) is 11.8. The predicted molar refractivity (Wildman–Crippen MR) is 73.0 cm³/mol. The van der Waals surface area contributed by atoms with E-state index >= 15 is 0 Å². The molecule has 0 aliphatic heterocycles. The van der Waals surface area contributed by atoms with Crippen LogP contribution in [0.4, 0.5) is 0 Å². The number of hydrogen-bond donors (Lipinski definition) is 1. The Bertz CT molecular complexity index is 464. The molecule has 0 unspecified atom stereocenters. The Morgan fingerprint density at radius 3 is 2.56 bits per heavy atom. The molecule has 1 heterocycles. The van der Waals surface area contributed by atoms with Crippen LogP contribution >= 0.6 is 0 Å². The molecule has 0 saturated carbocycles. The Kier molecular flexibility index (Phi) is 4.33. The number of nitrogens with zero attached hydrogens (tertiary/aromatic N) is 2. The zero-order chi connectivity index (χ0) is 13.9. The molecule has 0 aromatic carbocycles. The minimum atomic E-state index is -0.0503. The summed E-state index contributed by atoms with van der Waals surface area (Å²) in [6.45, 7) is 10.8. The van der Waals surface area contributed by atoms with Crippen LogP contribution in [-0.4, -0.2) is 15.7 Å². The van der Waals surface area contributed by atoms with Gasteiger partial charge in [-0.3, -0.25) is 9.48 Å². The SMILES string of the molecule is C/C(=C\C(=O)NCc1cnn(C)c1C)C(C)(C)C. The van der Waals surface area contributed by atoms with Crippen molar-refractivity contribution in [1.82, 2.24) is 15.1 Å². The summed E-state index contributed by atoms with van der Waals surface area (Å²) in [5.74, 6) is -0.0503. The average molecular weight is 249 g/mol. The van der Waals surface area contributed by atoms with E-state index < -0.39 is 0 Å². The molecule has 0 aliphatic carbocycles. The molecule has 0 spiro atoms. The van der Waals surface area contributed by atoms with Crippen LogP contribution in [-0.2, 0) is 18.4 Å². The average Bonchev–Trinajstić information content (AvgIpc) is 2.56. The molecule has 0 fully saturated rings. The van der Waals surface area contributed by atoms with Crippen LogP contribution < -0.4 is 5.32 Å². The van der Waals surface area contributed by atoms with Crippen molar-refractivity contribution < 1.29 is 4.79 Å². The van der Waals surface area contributed by atoms with E-state index in [9.17, 15) is 4.79 Å². The van der Waals surface area contributed by atoms with Crippen molar-refractivity contribution >= 4 is 5.91 Å². The van der Waals surface area contributed by atoms with Crippen molar-refractivity contribution in [2.75, 3.05) is 0 Å². The number of carbonyl (C=O) groups excluding carboxylic acids is 1. The fraction of sp³-hybridized carbons (Fsp3) is 0.571. The maximum atomic E-state index is 11.8. The zero-order valence-corrected chi connectivity index (χ0v) is 12.2. The topological polar surface area (TPSA) is 46.9 Å². The molecule has 0 radical (unpaired) electrons. The first kappa shape index (κ1) is 14.5. The highest BCUT2D eigenvalue weighted by Crippen LogP contribution is 2.23. The molecule has 0 saturated heterocycles. The van der Waals surface area contributed by atoms with Gasteiger partial charge in [0, 0.05) is 30.9 Å². The maximum absolute atomic E-state index is 11.8. The molecule has 0 aliphatic rings. The van der Waals surface area contributed by atoms with Gasteiger partial charge in [-0.05, 0) is 19.3 Å². The van der Waals surface area contributed by atoms with E-state index in [0.717, 1.165) is 16.8 Å². The van der Waals surface area contributed by atoms with E-state index in [1.807, 2.05) is 20.9 Å². The quantitative estimate of drug-likeness (QED) is 0.836. The van der Waals surface area contributed by atoms with Crippen molar-refractivity contribution in [1.29, 1.82) is 0 Å². The van der Waals surface area contributed by atoms with Crippen molar-refractivity contribution in [3.05, 3.63) is 29.1 Å². The molecule has 0 bridgehead atoms. The van der Waals surface area contributed by atoms with Gasteiger partial charge >= 0.3 is 0 Å². The summed E-state index contributed by atoms with van der Waals surface area (Å²) in [6, 6.07) is 0. The molecule has 100 valence electrons. The Hall–Kier alpha value is -1.58. The summed E-state index contributed by atoms with van der Waals surface area (Å²) >= 11 is 0. The zero-order valence-electron chi connectivity index (χ0n) is 12.2. The van der Waals surface area contributed by atoms with Crippen LogP contribution in [0.1, 0.15) is 39.0 Å². The van der Waals surface area contributed by atoms with Crippen LogP contribution in [0.25, 0.3) is 0 Å². The van der Waals surface area contributed by atoms with Gasteiger partial charge in [0.1, 0.15) is 0 Å². The molecular formula is C14H23N3O. The third-order valence-electron chi connectivity index (χ3n) is 3.32. The molecule has 1 rings (SSSR count). The van der Waals surface area contributed by atoms with Gasteiger partial charge in [0.05, 0.1) is 6.20 Å². The van der Waals surface area contributed by atoms with Crippen molar-refractivity contribution in [3.8, 4) is 0 Å². The summed E-state index contributed by atoms with van der Waals surface area (Å²) in [6.07, 6.45) is 3.46. The normalized spacial score (nSPS) is 12.7. The Labute approximate surface area is 109 Å². The van der Waals surface area contributed by atoms with E-state index in [1.54, 1.807) is 17.0 Å². The van der Waals surface area contributed by atoms with E-state index in [0.29, 0.717) is 6.54 Å². The number of aromatic nitrogens is 2. The standard InChI is InChI=1S/C14H23N3O/c1-10(14(3,4)5)7-13(18)15-8-12-9-16-17(6)11(12)2/h7,9H,8H2,1-6H3,(H,15,18)/b10-7+. The van der Waals surface area contributed by atoms with E-state index in [4.69, 9.17) is 0 Å². The van der Waals surface area contributed by atoms with Gasteiger partial charge in [0.15, 0.2) is 0 Å². The monoisotopic (exact) mass is 249 g/mol. The summed E-state index contributed by atoms with van der Waals surface area (Å²) in [5, 5.41) is 7.03. The molecule has 0 atom stereocenters. The lowest BCUT2D eigenvalue weighted by Gasteiger charge is -2.19. The summed E-state index contributed by atoms with van der Waals surface area (Å²) in [5.41, 5.74) is 3.23. The molecule has 1 amide bonds. The smallest absolute Gasteiger partial charge is 0.244 e. The van der Waals surface area contributed by atoms with Crippen LogP contribution in [0.5, 0.6) is 0 Å². The first-order chi connectivity index (χ1) is 8.21.